The monoisotopic (exact) mass is 374 g/mol. The van der Waals surface area contributed by atoms with Crippen molar-refractivity contribution in [3.63, 3.8) is 0 Å². The maximum Gasteiger partial charge on any atom is 0.137 e. The largest absolute Gasteiger partial charge is 0.490 e. The van der Waals surface area contributed by atoms with Crippen LogP contribution in [0, 0.1) is 11.3 Å². The van der Waals surface area contributed by atoms with Crippen LogP contribution in [-0.2, 0) is 19.3 Å². The zero-order valence-electron chi connectivity index (χ0n) is 15.7. The van der Waals surface area contributed by atoms with Gasteiger partial charge in [-0.1, -0.05) is 18.2 Å². The first-order valence-corrected chi connectivity index (χ1v) is 10.2. The molecular formula is C23H22N2OS. The molecule has 4 rings (SSSR count). The van der Waals surface area contributed by atoms with E-state index in [2.05, 4.69) is 29.3 Å². The van der Waals surface area contributed by atoms with Crippen molar-refractivity contribution in [3.8, 4) is 22.4 Å². The lowest BCUT2D eigenvalue weighted by atomic mass is 10.0. The minimum Gasteiger partial charge on any atom is -0.490 e. The van der Waals surface area contributed by atoms with Crippen LogP contribution < -0.4 is 4.74 Å². The van der Waals surface area contributed by atoms with E-state index in [1.54, 1.807) is 11.3 Å². The van der Waals surface area contributed by atoms with Crippen molar-refractivity contribution in [3.05, 3.63) is 69.7 Å². The Balaban J connectivity index is 1.58. The number of thiazole rings is 1. The Kier molecular flexibility index (Phi) is 4.96. The lowest BCUT2D eigenvalue weighted by Crippen LogP contribution is -2.06. The van der Waals surface area contributed by atoms with E-state index in [9.17, 15) is 5.26 Å². The van der Waals surface area contributed by atoms with Crippen LogP contribution in [0.3, 0.4) is 0 Å². The first-order valence-electron chi connectivity index (χ1n) is 9.39. The molecule has 0 N–H and O–H groups in total. The summed E-state index contributed by atoms with van der Waals surface area (Å²) in [5.41, 5.74) is 6.00. The molecule has 0 amide bonds. The molecule has 0 fully saturated rings. The second-order valence-electron chi connectivity index (χ2n) is 7.21. The van der Waals surface area contributed by atoms with Gasteiger partial charge in [-0.25, -0.2) is 4.98 Å². The highest BCUT2D eigenvalue weighted by Crippen LogP contribution is 2.32. The van der Waals surface area contributed by atoms with Gasteiger partial charge in [0.1, 0.15) is 16.8 Å². The summed E-state index contributed by atoms with van der Waals surface area (Å²) in [5.74, 6) is 0.632. The van der Waals surface area contributed by atoms with E-state index in [4.69, 9.17) is 4.74 Å². The van der Waals surface area contributed by atoms with Crippen molar-refractivity contribution in [2.75, 3.05) is 0 Å². The van der Waals surface area contributed by atoms with E-state index in [0.717, 1.165) is 17.0 Å². The number of ether oxygens (including phenoxy) is 1. The van der Waals surface area contributed by atoms with Gasteiger partial charge in [0.15, 0.2) is 0 Å². The van der Waals surface area contributed by atoms with Gasteiger partial charge in [0.2, 0.25) is 0 Å². The summed E-state index contributed by atoms with van der Waals surface area (Å²) in [7, 11) is 0. The van der Waals surface area contributed by atoms with Crippen LogP contribution in [0.4, 0.5) is 0 Å². The van der Waals surface area contributed by atoms with Crippen molar-refractivity contribution in [2.45, 2.75) is 45.6 Å². The third-order valence-corrected chi connectivity index (χ3v) is 5.92. The summed E-state index contributed by atoms with van der Waals surface area (Å²) in [6, 6.07) is 14.7. The highest BCUT2D eigenvalue weighted by molar-refractivity contribution is 7.15. The number of hydrogen-bond acceptors (Lipinski definition) is 4. The van der Waals surface area contributed by atoms with Crippen LogP contribution in [0.2, 0.25) is 0 Å². The van der Waals surface area contributed by atoms with Crippen LogP contribution in [0.15, 0.2) is 42.6 Å². The Morgan fingerprint density at radius 2 is 2.11 bits per heavy atom. The SMILES string of the molecule is CC(C)Oc1ccc(-c2ncc(Cc3cccc4c3CCC4)s2)cc1C#N. The normalized spacial score (nSPS) is 12.8. The smallest absolute Gasteiger partial charge is 0.137 e. The highest BCUT2D eigenvalue weighted by Gasteiger charge is 2.16. The predicted molar refractivity (Wildman–Crippen MR) is 109 cm³/mol. The zero-order chi connectivity index (χ0) is 18.8. The van der Waals surface area contributed by atoms with Crippen molar-refractivity contribution < 1.29 is 4.74 Å². The van der Waals surface area contributed by atoms with Crippen LogP contribution in [0.5, 0.6) is 5.75 Å². The number of hydrogen-bond donors (Lipinski definition) is 0. The average molecular weight is 375 g/mol. The van der Waals surface area contributed by atoms with Crippen LogP contribution in [0.25, 0.3) is 10.6 Å². The molecule has 1 heterocycles. The molecule has 27 heavy (non-hydrogen) atoms. The fraction of sp³-hybridized carbons (Fsp3) is 0.304. The number of fused-ring (bicyclic) bond motifs is 1. The molecule has 0 bridgehead atoms. The van der Waals surface area contributed by atoms with Gasteiger partial charge >= 0.3 is 0 Å². The van der Waals surface area contributed by atoms with Crippen molar-refractivity contribution in [1.82, 2.24) is 4.98 Å². The van der Waals surface area contributed by atoms with Gasteiger partial charge in [-0.2, -0.15) is 5.26 Å². The van der Waals surface area contributed by atoms with E-state index in [0.29, 0.717) is 11.3 Å². The Labute approximate surface area is 164 Å². The lowest BCUT2D eigenvalue weighted by molar-refractivity contribution is 0.242. The standard InChI is InChI=1S/C23H22N2OS/c1-15(2)26-22-10-9-18(11-19(22)13-24)23-25-14-20(27-23)12-17-7-3-5-16-6-4-8-21(16)17/h3,5,7,9-11,14-15H,4,6,8,12H2,1-2H3. The quantitative estimate of drug-likeness (QED) is 0.588. The maximum atomic E-state index is 9.45. The minimum atomic E-state index is 0.0435. The van der Waals surface area contributed by atoms with E-state index in [1.165, 1.54) is 40.8 Å². The summed E-state index contributed by atoms with van der Waals surface area (Å²) in [6.45, 7) is 3.92. The summed E-state index contributed by atoms with van der Waals surface area (Å²) >= 11 is 1.70. The minimum absolute atomic E-state index is 0.0435. The van der Waals surface area contributed by atoms with Gasteiger partial charge in [-0.15, -0.1) is 11.3 Å². The topological polar surface area (TPSA) is 45.9 Å². The summed E-state index contributed by atoms with van der Waals surface area (Å²) in [5, 5.41) is 10.4. The molecule has 1 aliphatic carbocycles. The molecule has 3 aromatic rings. The lowest BCUT2D eigenvalue weighted by Gasteiger charge is -2.11. The highest BCUT2D eigenvalue weighted by atomic mass is 32.1. The van der Waals surface area contributed by atoms with Gasteiger partial charge < -0.3 is 4.74 Å². The predicted octanol–water partition coefficient (Wildman–Crippen LogP) is 5.55. The molecule has 1 aliphatic rings. The molecule has 1 aromatic heterocycles. The molecule has 0 radical (unpaired) electrons. The second-order valence-corrected chi connectivity index (χ2v) is 8.32. The average Bonchev–Trinajstić information content (AvgIpc) is 3.31. The van der Waals surface area contributed by atoms with E-state index >= 15 is 0 Å². The third-order valence-electron chi connectivity index (χ3n) is 4.87. The molecular weight excluding hydrogens is 352 g/mol. The van der Waals surface area contributed by atoms with Gasteiger partial charge in [0, 0.05) is 23.1 Å². The number of aromatic nitrogens is 1. The van der Waals surface area contributed by atoms with Crippen LogP contribution in [0.1, 0.15) is 47.4 Å². The van der Waals surface area contributed by atoms with Crippen LogP contribution >= 0.6 is 11.3 Å². The summed E-state index contributed by atoms with van der Waals surface area (Å²) in [4.78, 5) is 5.87. The first kappa shape index (κ1) is 17.8. The fourth-order valence-corrected chi connectivity index (χ4v) is 4.61. The number of nitriles is 1. The third kappa shape index (κ3) is 3.74. The Morgan fingerprint density at radius 3 is 2.93 bits per heavy atom. The Bertz CT molecular complexity index is 1010. The number of rotatable bonds is 5. The molecule has 0 unspecified atom stereocenters. The molecule has 0 atom stereocenters. The van der Waals surface area contributed by atoms with E-state index in [-0.39, 0.29) is 6.10 Å². The van der Waals surface area contributed by atoms with E-state index in [1.807, 2.05) is 38.2 Å². The summed E-state index contributed by atoms with van der Waals surface area (Å²) < 4.78 is 5.71. The number of aryl methyl sites for hydroxylation is 1. The molecule has 0 aliphatic heterocycles. The maximum absolute atomic E-state index is 9.45. The Morgan fingerprint density at radius 1 is 1.22 bits per heavy atom. The number of benzene rings is 2. The van der Waals surface area contributed by atoms with Gasteiger partial charge in [0.05, 0.1) is 11.7 Å². The zero-order valence-corrected chi connectivity index (χ0v) is 16.5. The van der Waals surface area contributed by atoms with Crippen molar-refractivity contribution >= 4 is 11.3 Å². The van der Waals surface area contributed by atoms with Gasteiger partial charge in [-0.3, -0.25) is 0 Å². The molecule has 0 spiro atoms. The van der Waals surface area contributed by atoms with E-state index < -0.39 is 0 Å². The molecule has 3 nitrogen and oxygen atoms in total. The molecule has 2 aromatic carbocycles. The fourth-order valence-electron chi connectivity index (χ4n) is 3.68. The van der Waals surface area contributed by atoms with Gasteiger partial charge in [-0.05, 0) is 68.0 Å². The van der Waals surface area contributed by atoms with Crippen LogP contribution in [-0.4, -0.2) is 11.1 Å². The second kappa shape index (κ2) is 7.54. The number of nitrogens with zero attached hydrogens (tertiary/aromatic N) is 2. The molecule has 0 saturated carbocycles. The first-order chi connectivity index (χ1) is 13.1. The Hall–Kier alpha value is -2.64. The molecule has 4 heteroatoms. The van der Waals surface area contributed by atoms with Gasteiger partial charge in [0.25, 0.3) is 0 Å². The molecule has 136 valence electrons. The summed E-state index contributed by atoms with van der Waals surface area (Å²) in [6.07, 6.45) is 6.61. The molecule has 0 saturated heterocycles. The van der Waals surface area contributed by atoms with Crippen molar-refractivity contribution in [1.29, 1.82) is 5.26 Å². The van der Waals surface area contributed by atoms with Crippen molar-refractivity contribution in [2.24, 2.45) is 0 Å².